The summed E-state index contributed by atoms with van der Waals surface area (Å²) in [6, 6.07) is 13.7. The zero-order valence-electron chi connectivity index (χ0n) is 12.1. The van der Waals surface area contributed by atoms with Gasteiger partial charge in [0, 0.05) is 10.0 Å². The Balaban J connectivity index is 2.33. The van der Waals surface area contributed by atoms with Crippen LogP contribution >= 0.6 is 27.5 Å². The normalized spacial score (nSPS) is 12.0. The van der Waals surface area contributed by atoms with Gasteiger partial charge < -0.3 is 9.47 Å². The van der Waals surface area contributed by atoms with Crippen molar-refractivity contribution in [2.45, 2.75) is 19.2 Å². The second-order valence-electron chi connectivity index (χ2n) is 4.45. The second kappa shape index (κ2) is 7.71. The van der Waals surface area contributed by atoms with E-state index in [2.05, 4.69) is 15.9 Å². The maximum absolute atomic E-state index is 6.66. The van der Waals surface area contributed by atoms with Gasteiger partial charge in [-0.1, -0.05) is 40.2 Å². The van der Waals surface area contributed by atoms with Crippen LogP contribution in [0, 0.1) is 0 Å². The molecule has 0 saturated carbocycles. The summed E-state index contributed by atoms with van der Waals surface area (Å²) in [5.74, 6) is 1.65. The first-order valence-electron chi connectivity index (χ1n) is 6.95. The molecule has 112 valence electrons. The van der Waals surface area contributed by atoms with Gasteiger partial charge in [-0.05, 0) is 37.6 Å². The number of benzene rings is 2. The van der Waals surface area contributed by atoms with Crippen molar-refractivity contribution >= 4 is 27.5 Å². The highest BCUT2D eigenvalue weighted by Gasteiger charge is 2.18. The Kier molecular flexibility index (Phi) is 5.95. The maximum Gasteiger partial charge on any atom is 0.124 e. The van der Waals surface area contributed by atoms with Crippen molar-refractivity contribution in [1.82, 2.24) is 0 Å². The van der Waals surface area contributed by atoms with E-state index in [0.717, 1.165) is 27.1 Å². The molecule has 0 radical (unpaired) electrons. The molecule has 1 unspecified atom stereocenters. The van der Waals surface area contributed by atoms with Crippen LogP contribution in [0.5, 0.6) is 11.5 Å². The van der Waals surface area contributed by atoms with Crippen molar-refractivity contribution in [3.63, 3.8) is 0 Å². The van der Waals surface area contributed by atoms with E-state index >= 15 is 0 Å². The van der Waals surface area contributed by atoms with Crippen LogP contribution in [0.1, 0.15) is 30.4 Å². The van der Waals surface area contributed by atoms with Crippen molar-refractivity contribution in [3.05, 3.63) is 58.1 Å². The Morgan fingerprint density at radius 1 is 1.00 bits per heavy atom. The van der Waals surface area contributed by atoms with Gasteiger partial charge in [0.25, 0.3) is 0 Å². The third-order valence-electron chi connectivity index (χ3n) is 3.05. The summed E-state index contributed by atoms with van der Waals surface area (Å²) in [6.45, 7) is 5.19. The smallest absolute Gasteiger partial charge is 0.124 e. The van der Waals surface area contributed by atoms with Crippen molar-refractivity contribution < 1.29 is 9.47 Å². The average Bonchev–Trinajstić information content (AvgIpc) is 2.48. The first kappa shape index (κ1) is 16.2. The van der Waals surface area contributed by atoms with E-state index in [1.54, 1.807) is 0 Å². The lowest BCUT2D eigenvalue weighted by Crippen LogP contribution is -2.01. The van der Waals surface area contributed by atoms with Gasteiger partial charge in [-0.25, -0.2) is 0 Å². The summed E-state index contributed by atoms with van der Waals surface area (Å²) >= 11 is 10.2. The summed E-state index contributed by atoms with van der Waals surface area (Å²) < 4.78 is 12.1. The third-order valence-corrected chi connectivity index (χ3v) is 4.20. The van der Waals surface area contributed by atoms with Gasteiger partial charge >= 0.3 is 0 Å². The highest BCUT2D eigenvalue weighted by Crippen LogP contribution is 2.39. The molecular weight excluding hydrogens is 352 g/mol. The Labute approximate surface area is 139 Å². The largest absolute Gasteiger partial charge is 0.494 e. The topological polar surface area (TPSA) is 18.5 Å². The zero-order valence-corrected chi connectivity index (χ0v) is 14.4. The van der Waals surface area contributed by atoms with Gasteiger partial charge in [-0.3, -0.25) is 0 Å². The van der Waals surface area contributed by atoms with E-state index in [1.165, 1.54) is 0 Å². The molecule has 0 heterocycles. The molecule has 2 nitrogen and oxygen atoms in total. The average molecular weight is 370 g/mol. The van der Waals surface area contributed by atoms with Crippen molar-refractivity contribution in [2.24, 2.45) is 0 Å². The van der Waals surface area contributed by atoms with Gasteiger partial charge in [0.15, 0.2) is 0 Å². The first-order chi connectivity index (χ1) is 10.2. The molecule has 0 saturated heterocycles. The molecule has 0 bridgehead atoms. The van der Waals surface area contributed by atoms with Crippen LogP contribution in [0.3, 0.4) is 0 Å². The molecule has 4 heteroatoms. The first-order valence-corrected chi connectivity index (χ1v) is 8.18. The van der Waals surface area contributed by atoms with Gasteiger partial charge in [0.05, 0.1) is 18.6 Å². The van der Waals surface area contributed by atoms with E-state index < -0.39 is 0 Å². The van der Waals surface area contributed by atoms with Crippen LogP contribution in [0.4, 0.5) is 0 Å². The fourth-order valence-corrected chi connectivity index (χ4v) is 3.20. The Hall–Kier alpha value is -1.19. The van der Waals surface area contributed by atoms with E-state index in [4.69, 9.17) is 21.1 Å². The molecule has 0 N–H and O–H groups in total. The molecule has 0 aromatic heterocycles. The maximum atomic E-state index is 6.66. The van der Waals surface area contributed by atoms with Crippen LogP contribution in [-0.4, -0.2) is 13.2 Å². The predicted octanol–water partition coefficient (Wildman–Crippen LogP) is 5.57. The van der Waals surface area contributed by atoms with Crippen molar-refractivity contribution in [1.29, 1.82) is 0 Å². The molecule has 0 aliphatic carbocycles. The molecule has 1 atom stereocenters. The lowest BCUT2D eigenvalue weighted by atomic mass is 10.0. The SMILES string of the molecule is CCOc1ccc(C(Cl)c2ccccc2OCC)c(Br)c1. The van der Waals surface area contributed by atoms with E-state index in [0.29, 0.717) is 13.2 Å². The summed E-state index contributed by atoms with van der Waals surface area (Å²) in [7, 11) is 0. The number of para-hydroxylation sites is 1. The Morgan fingerprint density at radius 2 is 1.71 bits per heavy atom. The highest BCUT2D eigenvalue weighted by molar-refractivity contribution is 9.10. The molecule has 0 spiro atoms. The molecule has 2 rings (SSSR count). The molecule has 0 amide bonds. The fraction of sp³-hybridized carbons (Fsp3) is 0.294. The zero-order chi connectivity index (χ0) is 15.2. The molecule has 0 fully saturated rings. The number of rotatable bonds is 6. The van der Waals surface area contributed by atoms with E-state index in [1.807, 2.05) is 56.3 Å². The molecular formula is C17H18BrClO2. The lowest BCUT2D eigenvalue weighted by molar-refractivity contribution is 0.336. The number of hydrogen-bond acceptors (Lipinski definition) is 2. The molecule has 2 aromatic carbocycles. The van der Waals surface area contributed by atoms with E-state index in [-0.39, 0.29) is 5.38 Å². The summed E-state index contributed by atoms with van der Waals surface area (Å²) in [4.78, 5) is 0. The minimum atomic E-state index is -0.280. The molecule has 0 aliphatic rings. The van der Waals surface area contributed by atoms with Crippen LogP contribution in [0.2, 0.25) is 0 Å². The third kappa shape index (κ3) is 3.92. The van der Waals surface area contributed by atoms with Gasteiger partial charge in [0.1, 0.15) is 11.5 Å². The second-order valence-corrected chi connectivity index (χ2v) is 5.74. The van der Waals surface area contributed by atoms with Crippen LogP contribution in [-0.2, 0) is 0 Å². The van der Waals surface area contributed by atoms with Gasteiger partial charge in [-0.15, -0.1) is 11.6 Å². The van der Waals surface area contributed by atoms with Crippen LogP contribution < -0.4 is 9.47 Å². The molecule has 2 aromatic rings. The van der Waals surface area contributed by atoms with Crippen molar-refractivity contribution in [3.8, 4) is 11.5 Å². The summed E-state index contributed by atoms with van der Waals surface area (Å²) in [5, 5.41) is -0.280. The lowest BCUT2D eigenvalue weighted by Gasteiger charge is -2.17. The minimum absolute atomic E-state index is 0.280. The van der Waals surface area contributed by atoms with Crippen LogP contribution in [0.15, 0.2) is 46.9 Å². The number of hydrogen-bond donors (Lipinski definition) is 0. The fourth-order valence-electron chi connectivity index (χ4n) is 2.11. The number of halogens is 2. The predicted molar refractivity (Wildman–Crippen MR) is 90.6 cm³/mol. The molecule has 0 aliphatic heterocycles. The Morgan fingerprint density at radius 3 is 2.38 bits per heavy atom. The van der Waals surface area contributed by atoms with Crippen LogP contribution in [0.25, 0.3) is 0 Å². The highest BCUT2D eigenvalue weighted by atomic mass is 79.9. The standard InChI is InChI=1S/C17H18BrClO2/c1-3-20-12-9-10-13(15(18)11-12)17(19)14-7-5-6-8-16(14)21-4-2/h5-11,17H,3-4H2,1-2H3. The number of ether oxygens (including phenoxy) is 2. The van der Waals surface area contributed by atoms with Gasteiger partial charge in [-0.2, -0.15) is 0 Å². The van der Waals surface area contributed by atoms with Crippen molar-refractivity contribution in [2.75, 3.05) is 13.2 Å². The quantitative estimate of drug-likeness (QED) is 0.619. The van der Waals surface area contributed by atoms with Gasteiger partial charge in [0.2, 0.25) is 0 Å². The number of alkyl halides is 1. The summed E-state index contributed by atoms with van der Waals surface area (Å²) in [6.07, 6.45) is 0. The molecule has 21 heavy (non-hydrogen) atoms. The monoisotopic (exact) mass is 368 g/mol. The summed E-state index contributed by atoms with van der Waals surface area (Å²) in [5.41, 5.74) is 1.96. The van der Waals surface area contributed by atoms with E-state index in [9.17, 15) is 0 Å². The minimum Gasteiger partial charge on any atom is -0.494 e. The Bertz CT molecular complexity index is 601.